The average molecular weight is 658 g/mol. The molecule has 2 aromatic carbocycles. The molecule has 2 rings (SSSR count). The lowest BCUT2D eigenvalue weighted by Gasteiger charge is -2.13. The predicted octanol–water partition coefficient (Wildman–Crippen LogP) is 7.06. The lowest BCUT2D eigenvalue weighted by atomic mass is 10.1. The predicted molar refractivity (Wildman–Crippen MR) is 130 cm³/mol. The number of hydrogen-bond acceptors (Lipinski definition) is 3. The van der Waals surface area contributed by atoms with E-state index in [1.165, 1.54) is 34.1 Å². The van der Waals surface area contributed by atoms with Crippen molar-refractivity contribution in [2.75, 3.05) is 33.9 Å². The summed E-state index contributed by atoms with van der Waals surface area (Å²) in [4.78, 5) is 23.9. The van der Waals surface area contributed by atoms with Gasteiger partial charge in [-0.3, -0.25) is 9.59 Å². The van der Waals surface area contributed by atoms with Crippen LogP contribution in [0.2, 0.25) is 0 Å². The Hall–Kier alpha value is -1.99. The maximum absolute atomic E-state index is 12.6. The van der Waals surface area contributed by atoms with Crippen LogP contribution >= 0.6 is 43.5 Å². The summed E-state index contributed by atoms with van der Waals surface area (Å²) in [5.74, 6) is -0.236. The first-order valence-electron chi connectivity index (χ1n) is 9.32. The number of rotatable bonds is 2. The van der Waals surface area contributed by atoms with Crippen molar-refractivity contribution in [3.05, 3.63) is 62.0 Å². The molecule has 0 saturated heterocycles. The summed E-state index contributed by atoms with van der Waals surface area (Å²) in [5.41, 5.74) is 4.14. The van der Waals surface area contributed by atoms with E-state index >= 15 is 0 Å². The molecule has 2 amide bonds. The van der Waals surface area contributed by atoms with Crippen LogP contribution < -0.4 is 5.73 Å². The summed E-state index contributed by atoms with van der Waals surface area (Å²) in [5, 5.41) is -0.435. The van der Waals surface area contributed by atoms with Gasteiger partial charge in [0.05, 0.1) is 17.5 Å². The van der Waals surface area contributed by atoms with Crippen LogP contribution in [0.3, 0.4) is 0 Å². The van der Waals surface area contributed by atoms with Gasteiger partial charge in [0.15, 0.2) is 0 Å². The van der Waals surface area contributed by atoms with Crippen molar-refractivity contribution in [1.82, 2.24) is 9.80 Å². The molecule has 0 saturated carbocycles. The Morgan fingerprint density at radius 1 is 0.829 bits per heavy atom. The quantitative estimate of drug-likeness (QED) is 0.163. The number of carbonyl (C=O) groups excluding carboxylic acids is 2. The summed E-state index contributed by atoms with van der Waals surface area (Å²) in [7, 11) is 6.31. The fourth-order valence-corrected chi connectivity index (χ4v) is 2.94. The van der Waals surface area contributed by atoms with Crippen LogP contribution in [0.25, 0.3) is 0 Å². The summed E-state index contributed by atoms with van der Waals surface area (Å²) < 4.78 is 74.2. The summed E-state index contributed by atoms with van der Waals surface area (Å²) in [6, 6.07) is 7.37. The van der Waals surface area contributed by atoms with Gasteiger partial charge >= 0.3 is 17.7 Å². The molecule has 2 N–H and O–H groups in total. The number of amides is 2. The number of halogens is 9. The molecule has 0 heterocycles. The monoisotopic (exact) mass is 655 g/mol. The molecule has 0 fully saturated rings. The van der Waals surface area contributed by atoms with Crippen LogP contribution in [-0.2, 0) is 23.6 Å². The van der Waals surface area contributed by atoms with Crippen molar-refractivity contribution in [2.24, 2.45) is 0 Å². The largest absolute Gasteiger partial charge is 0.417 e. The zero-order valence-corrected chi connectivity index (χ0v) is 22.8. The fourth-order valence-electron chi connectivity index (χ4n) is 1.99. The van der Waals surface area contributed by atoms with Gasteiger partial charge in [0.25, 0.3) is 0 Å². The maximum atomic E-state index is 12.6. The SMILES string of the molecule is CN(C)C(=O)Cc1ccc(Br)c(C(F)(F)F)c1.CN(C)C(=O)Cl.Nc1ccc(Br)c(C(F)(F)F)c1. The third-order valence-electron chi connectivity index (χ3n) is 3.84. The fraction of sp³-hybridized carbons (Fsp3) is 0.333. The molecule has 0 radical (unpaired) electrons. The number of carbonyl (C=O) groups is 2. The first kappa shape index (κ1) is 33.0. The van der Waals surface area contributed by atoms with E-state index in [9.17, 15) is 35.9 Å². The van der Waals surface area contributed by atoms with Crippen molar-refractivity contribution in [3.63, 3.8) is 0 Å². The molecule has 0 spiro atoms. The number of alkyl halides is 6. The van der Waals surface area contributed by atoms with E-state index in [-0.39, 0.29) is 27.0 Å². The van der Waals surface area contributed by atoms with Crippen molar-refractivity contribution in [1.29, 1.82) is 0 Å². The second-order valence-corrected chi connectivity index (χ2v) is 9.19. The highest BCUT2D eigenvalue weighted by Gasteiger charge is 2.33. The minimum atomic E-state index is -4.42. The van der Waals surface area contributed by atoms with Gasteiger partial charge in [0.2, 0.25) is 5.91 Å². The number of nitrogens with two attached hydrogens (primary N) is 1. The molecule has 0 aromatic heterocycles. The smallest absolute Gasteiger partial charge is 0.399 e. The van der Waals surface area contributed by atoms with Gasteiger partial charge in [-0.1, -0.05) is 37.9 Å². The van der Waals surface area contributed by atoms with Crippen LogP contribution in [0.1, 0.15) is 16.7 Å². The summed E-state index contributed by atoms with van der Waals surface area (Å²) in [6.07, 6.45) is -8.81. The topological polar surface area (TPSA) is 66.6 Å². The van der Waals surface area contributed by atoms with Gasteiger partial charge in [0, 0.05) is 42.8 Å². The number of hydrogen-bond donors (Lipinski definition) is 1. The highest BCUT2D eigenvalue weighted by atomic mass is 79.9. The van der Waals surface area contributed by atoms with E-state index < -0.39 is 28.8 Å². The minimum absolute atomic E-state index is 0.00389. The van der Waals surface area contributed by atoms with Crippen molar-refractivity contribution < 1.29 is 35.9 Å². The molecule has 35 heavy (non-hydrogen) atoms. The number of likely N-dealkylation sites (N-methyl/N-ethyl adjacent to an activating group) is 1. The van der Waals surface area contributed by atoms with Crippen LogP contribution in [0, 0.1) is 0 Å². The summed E-state index contributed by atoms with van der Waals surface area (Å²) >= 11 is 10.5. The molecule has 0 aliphatic rings. The second kappa shape index (κ2) is 13.9. The Balaban J connectivity index is 0.000000557. The second-order valence-electron chi connectivity index (χ2n) is 7.16. The molecule has 5 nitrogen and oxygen atoms in total. The van der Waals surface area contributed by atoms with Crippen molar-refractivity contribution in [3.8, 4) is 0 Å². The molecule has 14 heteroatoms. The van der Waals surface area contributed by atoms with Crippen LogP contribution in [0.4, 0.5) is 36.8 Å². The van der Waals surface area contributed by atoms with Gasteiger partial charge in [-0.25, -0.2) is 0 Å². The Kier molecular flexibility index (Phi) is 13.1. The third kappa shape index (κ3) is 12.5. The molecule has 0 aliphatic heterocycles. The van der Waals surface area contributed by atoms with Gasteiger partial charge < -0.3 is 15.5 Å². The van der Waals surface area contributed by atoms with E-state index in [0.29, 0.717) is 5.56 Å². The lowest BCUT2D eigenvalue weighted by molar-refractivity contribution is -0.139. The van der Waals surface area contributed by atoms with Gasteiger partial charge in [-0.2, -0.15) is 26.3 Å². The first-order valence-corrected chi connectivity index (χ1v) is 11.3. The first-order chi connectivity index (χ1) is 15.8. The van der Waals surface area contributed by atoms with Gasteiger partial charge in [0.1, 0.15) is 0 Å². The molecule has 0 atom stereocenters. The Labute approximate surface area is 220 Å². The van der Waals surface area contributed by atoms with Crippen LogP contribution in [0.15, 0.2) is 45.3 Å². The molecule has 0 unspecified atom stereocenters. The highest BCUT2D eigenvalue weighted by Crippen LogP contribution is 2.36. The maximum Gasteiger partial charge on any atom is 0.417 e. The number of nitrogens with zero attached hydrogens (tertiary/aromatic N) is 2. The zero-order valence-electron chi connectivity index (χ0n) is 18.9. The van der Waals surface area contributed by atoms with Crippen molar-refractivity contribution in [2.45, 2.75) is 18.8 Å². The van der Waals surface area contributed by atoms with E-state index in [4.69, 9.17) is 17.3 Å². The number of anilines is 1. The van der Waals surface area contributed by atoms with Crippen molar-refractivity contribution >= 4 is 60.4 Å². The standard InChI is InChI=1S/C11H11BrF3NO.C7H5BrF3N.C3H6ClNO/c1-16(2)10(17)6-7-3-4-9(12)8(5-7)11(13,14)15;8-6-2-1-4(12)3-5(6)7(9,10)11;1-5(2)3(4)6/h3-5H,6H2,1-2H3;1-3H,12H2;1-2H3. The Morgan fingerprint density at radius 2 is 1.23 bits per heavy atom. The molecule has 196 valence electrons. The zero-order chi connectivity index (χ0) is 27.7. The number of benzene rings is 2. The normalized spacial score (nSPS) is 10.9. The molecule has 0 aliphatic carbocycles. The van der Waals surface area contributed by atoms with E-state index in [1.54, 1.807) is 28.2 Å². The molecule has 2 aromatic rings. The van der Waals surface area contributed by atoms with Crippen LogP contribution in [0.5, 0.6) is 0 Å². The third-order valence-corrected chi connectivity index (χ3v) is 5.56. The molecule has 0 bridgehead atoms. The molecular weight excluding hydrogens is 635 g/mol. The van der Waals surface area contributed by atoms with Gasteiger partial charge in [-0.05, 0) is 47.5 Å². The Bertz CT molecular complexity index is 1020. The van der Waals surface area contributed by atoms with E-state index in [2.05, 4.69) is 31.9 Å². The molecular formula is C21H22Br2ClF6N3O2. The Morgan fingerprint density at radius 3 is 1.57 bits per heavy atom. The summed E-state index contributed by atoms with van der Waals surface area (Å²) in [6.45, 7) is 0. The number of nitrogen functional groups attached to an aromatic ring is 1. The van der Waals surface area contributed by atoms with Crippen LogP contribution in [-0.4, -0.2) is 49.3 Å². The van der Waals surface area contributed by atoms with Gasteiger partial charge in [-0.15, -0.1) is 0 Å². The lowest BCUT2D eigenvalue weighted by Crippen LogP contribution is -2.23. The highest BCUT2D eigenvalue weighted by molar-refractivity contribution is 9.10. The van der Waals surface area contributed by atoms with E-state index in [1.807, 2.05) is 0 Å². The van der Waals surface area contributed by atoms with E-state index in [0.717, 1.165) is 12.1 Å². The minimum Gasteiger partial charge on any atom is -0.399 e. The average Bonchev–Trinajstić information content (AvgIpc) is 2.70.